The Hall–Kier alpha value is -8.10. The number of aliphatic hydroxyl groups is 3. The van der Waals surface area contributed by atoms with E-state index in [0.717, 1.165) is 126 Å². The zero-order valence-electron chi connectivity index (χ0n) is 54.8. The maximum atomic E-state index is 10.3. The molecule has 0 aliphatic carbocycles. The molecule has 30 nitrogen and oxygen atoms in total. The predicted octanol–water partition coefficient (Wildman–Crippen LogP) is 4.78. The first-order valence-corrected chi connectivity index (χ1v) is 31.9. The standard InChI is InChI=1S/C19H23N9O.C19H25N7O.C13H20ClN4.C7H10N2.C5H10N4O.BrH.H3N/c1-13(15-4-2-3-7-21-15)24-19-18-14(5-9-28(18)23-12-22-19)10-27-8-6-16(25-26-20)17(29)11-27;1-13(16-4-2-3-7-21-16)24-19-18-14(5-9-26(18)23-12-22-19)10-25-8-6-15(20)17(27)11-25;1-4-18(5-2,6-3)9-11-7-8-17-12(11)13(14)15-10-16-17;1-6(8)7-4-2-3-5-9-7;6-9-8-4-1-2-7-3-5(4)10;;/h2-5,7,9,12-13,16-17,29H,6,8,10-11H2,1H3,(H,22,23,24);2-5,7,9,12-13,15,17,27H,6,8,10-11,20H2,1H3,(H,22,23,24);7-8,10H,4-6,9H2,1-3H3;2-6H,8H2,1H3;4-5,7,10H,1-3H2;1H;1H3/q;;+1;;;;/p-1/t13?,16-,17-;13?,15-,17-;;;4-,5-;;/m11..1../s1. The number of aliphatic hydroxyl groups excluding tert-OH is 3. The van der Waals surface area contributed by atoms with E-state index in [2.05, 4.69) is 131 Å². The van der Waals surface area contributed by atoms with Crippen LogP contribution in [0.1, 0.15) is 113 Å². The van der Waals surface area contributed by atoms with Crippen LogP contribution < -0.4 is 50.5 Å². The minimum absolute atomic E-state index is 0. The van der Waals surface area contributed by atoms with Crippen molar-refractivity contribution in [1.82, 2.24) is 80.0 Å². The highest BCUT2D eigenvalue weighted by Crippen LogP contribution is 2.29. The number of nitrogens with two attached hydrogens (primary N) is 2. The number of nitrogens with zero attached hydrogens (tertiary/aromatic N) is 21. The Bertz CT molecular complexity index is 3810. The number of nitrogens with one attached hydrogen (secondary N) is 3. The molecule has 0 radical (unpaired) electrons. The summed E-state index contributed by atoms with van der Waals surface area (Å²) < 4.78 is 6.51. The number of quaternary nitrogens is 1. The van der Waals surface area contributed by atoms with Crippen molar-refractivity contribution in [1.29, 1.82) is 0 Å². The third-order valence-electron chi connectivity index (χ3n) is 17.2. The molecule has 95 heavy (non-hydrogen) atoms. The molecule has 32 heteroatoms. The fraction of sp³-hybridized carbons (Fsp3) is 0.476. The van der Waals surface area contributed by atoms with Crippen molar-refractivity contribution in [3.63, 3.8) is 0 Å². The molecule has 12 rings (SSSR count). The maximum absolute atomic E-state index is 10.3. The van der Waals surface area contributed by atoms with Crippen LogP contribution >= 0.6 is 11.6 Å². The molecule has 3 unspecified atom stereocenters. The van der Waals surface area contributed by atoms with E-state index in [1.54, 1.807) is 33.9 Å². The second kappa shape index (κ2) is 37.9. The lowest BCUT2D eigenvalue weighted by atomic mass is 10.0. The Balaban J connectivity index is 0.000000199. The van der Waals surface area contributed by atoms with Gasteiger partial charge in [0.05, 0.1) is 79.2 Å². The highest BCUT2D eigenvalue weighted by molar-refractivity contribution is 6.32. The van der Waals surface area contributed by atoms with Crippen molar-refractivity contribution < 1.29 is 36.8 Å². The molecule has 0 aromatic carbocycles. The second-order valence-corrected chi connectivity index (χ2v) is 23.7. The third kappa shape index (κ3) is 20.9. The predicted molar refractivity (Wildman–Crippen MR) is 363 cm³/mol. The molecule has 0 amide bonds. The van der Waals surface area contributed by atoms with Gasteiger partial charge in [0.25, 0.3) is 0 Å². The van der Waals surface area contributed by atoms with Crippen LogP contribution in [0.4, 0.5) is 11.6 Å². The number of halogens is 2. The quantitative estimate of drug-likeness (QED) is 0.0241. The first kappa shape index (κ1) is 75.9. The summed E-state index contributed by atoms with van der Waals surface area (Å²) in [5.41, 5.74) is 37.2. The maximum Gasteiger partial charge on any atom is 0.157 e. The molecule has 3 saturated heterocycles. The molecule has 0 saturated carbocycles. The van der Waals surface area contributed by atoms with Gasteiger partial charge in [0.15, 0.2) is 16.8 Å². The van der Waals surface area contributed by atoms with Gasteiger partial charge in [0.1, 0.15) is 42.1 Å². The van der Waals surface area contributed by atoms with Crippen LogP contribution in [0.3, 0.4) is 0 Å². The number of likely N-dealkylation sites (tertiary alicyclic amines) is 2. The van der Waals surface area contributed by atoms with Crippen molar-refractivity contribution >= 4 is 39.8 Å². The lowest BCUT2D eigenvalue weighted by Gasteiger charge is -2.35. The number of hydrogen-bond donors (Lipinski definition) is 9. The number of anilines is 2. The minimum Gasteiger partial charge on any atom is -1.00 e. The van der Waals surface area contributed by atoms with Crippen LogP contribution in [0.2, 0.25) is 5.15 Å². The summed E-state index contributed by atoms with van der Waals surface area (Å²) in [7, 11) is 0. The molecule has 9 atom stereocenters. The van der Waals surface area contributed by atoms with Crippen molar-refractivity contribution in [3.05, 3.63) is 189 Å². The summed E-state index contributed by atoms with van der Waals surface area (Å²) in [6.45, 7) is 22.5. The van der Waals surface area contributed by atoms with Crippen molar-refractivity contribution in [2.75, 3.05) is 69.5 Å². The van der Waals surface area contributed by atoms with Crippen molar-refractivity contribution in [2.45, 2.75) is 135 Å². The Morgan fingerprint density at radius 3 is 1.51 bits per heavy atom. The van der Waals surface area contributed by atoms with Gasteiger partial charge in [0.2, 0.25) is 0 Å². The van der Waals surface area contributed by atoms with E-state index in [0.29, 0.717) is 37.8 Å². The van der Waals surface area contributed by atoms with E-state index in [1.165, 1.54) is 18.2 Å². The Morgan fingerprint density at radius 1 is 0.621 bits per heavy atom. The van der Waals surface area contributed by atoms with Gasteiger partial charge in [-0.05, 0) is 151 Å². The van der Waals surface area contributed by atoms with E-state index in [4.69, 9.17) is 34.1 Å². The third-order valence-corrected chi connectivity index (χ3v) is 17.4. The molecule has 3 fully saturated rings. The zero-order chi connectivity index (χ0) is 66.3. The SMILES string of the molecule is CC(N)c1ccccn1.CC(Nc1ncnn2ccc(CN3CC[C@@H](N)[C@H](O)C3)c12)c1ccccn1.CC(Nc1ncnn2ccc(CN3CC[C@@H](N=[N+]=[N-])[C@H](O)C3)c12)c1ccccn1.CC[N+](CC)(CC)Cc1ccn2ncnc(Cl)c12.N.[Br-].[N-]=[N+]=N[C@@H]1CCNC[C@H]1O. The number of fused-ring (bicyclic) bond motifs is 3. The molecular weight excluding hydrogens is 1300 g/mol. The van der Waals surface area contributed by atoms with Gasteiger partial charge in [-0.1, -0.05) is 40.0 Å². The fourth-order valence-corrected chi connectivity index (χ4v) is 11.7. The highest BCUT2D eigenvalue weighted by atomic mass is 79.9. The topological polar surface area (TPSA) is 417 Å². The van der Waals surface area contributed by atoms with Gasteiger partial charge < -0.3 is 70.4 Å². The first-order valence-electron chi connectivity index (χ1n) is 31.6. The van der Waals surface area contributed by atoms with E-state index in [-0.39, 0.29) is 59.4 Å². The van der Waals surface area contributed by atoms with Crippen LogP contribution in [-0.2, 0) is 19.6 Å². The van der Waals surface area contributed by atoms with E-state index in [1.807, 2.05) is 97.6 Å². The average Bonchev–Trinajstić information content (AvgIpc) is 1.72. The van der Waals surface area contributed by atoms with Crippen LogP contribution in [0.25, 0.3) is 37.4 Å². The van der Waals surface area contributed by atoms with Gasteiger partial charge in [-0.25, -0.2) is 28.5 Å². The lowest BCUT2D eigenvalue weighted by Crippen LogP contribution is -3.00. The summed E-state index contributed by atoms with van der Waals surface area (Å²) >= 11 is 6.18. The number of rotatable bonds is 18. The number of azide groups is 2. The molecule has 3 aliphatic rings. The summed E-state index contributed by atoms with van der Waals surface area (Å²) in [4.78, 5) is 35.7. The van der Waals surface area contributed by atoms with Gasteiger partial charge in [-0.2, -0.15) is 15.3 Å². The number of hydrogen-bond acceptors (Lipinski definition) is 22. The molecule has 12 heterocycles. The Labute approximate surface area is 568 Å². The fourth-order valence-electron chi connectivity index (χ4n) is 11.4. The molecule has 3 aliphatic heterocycles. The first-order chi connectivity index (χ1) is 45.1. The smallest absolute Gasteiger partial charge is 0.157 e. The van der Waals surface area contributed by atoms with Crippen LogP contribution in [0.5, 0.6) is 0 Å². The van der Waals surface area contributed by atoms with Crippen LogP contribution in [0, 0.1) is 0 Å². The Kier molecular flexibility index (Phi) is 30.2. The summed E-state index contributed by atoms with van der Waals surface area (Å²) in [6.07, 6.45) is 16.2. The van der Waals surface area contributed by atoms with Gasteiger partial charge in [0, 0.05) is 104 Å². The number of β-amino-alcohol motifs (C(OH)–C–C–N with tert-alkyl or cyclic N) is 3. The van der Waals surface area contributed by atoms with Gasteiger partial charge in [-0.3, -0.25) is 24.8 Å². The molecule has 9 aromatic heterocycles. The molecule has 510 valence electrons. The summed E-state index contributed by atoms with van der Waals surface area (Å²) in [6, 6.07) is 23.0. The zero-order valence-corrected chi connectivity index (χ0v) is 57.1. The van der Waals surface area contributed by atoms with Gasteiger partial charge >= 0.3 is 0 Å². The normalized spacial score (nSPS) is 19.7. The number of aromatic nitrogens is 12. The van der Waals surface area contributed by atoms with Gasteiger partial charge in [-0.15, -0.1) is 0 Å². The minimum atomic E-state index is -0.661. The molecule has 0 bridgehead atoms. The summed E-state index contributed by atoms with van der Waals surface area (Å²) in [5, 5.41) is 59.9. The van der Waals surface area contributed by atoms with E-state index >= 15 is 0 Å². The largest absolute Gasteiger partial charge is 1.00 e. The second-order valence-electron chi connectivity index (χ2n) is 23.4. The molecule has 13 N–H and O–H groups in total. The highest BCUT2D eigenvalue weighted by Gasteiger charge is 2.29. The molecule has 0 spiro atoms. The van der Waals surface area contributed by atoms with Crippen LogP contribution in [-0.4, -0.2) is 184 Å². The molecule has 9 aromatic rings. The monoisotopic (exact) mass is 1390 g/mol. The Morgan fingerprint density at radius 2 is 1.07 bits per heavy atom. The van der Waals surface area contributed by atoms with Crippen molar-refractivity contribution in [2.24, 2.45) is 21.7 Å². The lowest BCUT2D eigenvalue weighted by molar-refractivity contribution is -0.936. The average molecular weight is 1390 g/mol. The number of piperidine rings is 3. The van der Waals surface area contributed by atoms with E-state index in [9.17, 15) is 15.3 Å². The number of pyridine rings is 3. The van der Waals surface area contributed by atoms with Crippen molar-refractivity contribution in [3.8, 4) is 0 Å². The van der Waals surface area contributed by atoms with E-state index < -0.39 is 18.3 Å². The van der Waals surface area contributed by atoms with Crippen LogP contribution in [0.15, 0.2) is 139 Å². The summed E-state index contributed by atoms with van der Waals surface area (Å²) in [5.74, 6) is 1.51. The molecular formula is C63H91BrClN27O3.